The number of imidazole rings is 3. The highest BCUT2D eigenvalue weighted by Gasteiger charge is 2.62. The van der Waals surface area contributed by atoms with Crippen molar-refractivity contribution >= 4 is 105 Å². The number of hydrogen-bond donors (Lipinski definition) is 9. The van der Waals surface area contributed by atoms with E-state index in [0.717, 1.165) is 47.9 Å². The lowest BCUT2D eigenvalue weighted by Crippen LogP contribution is -2.49. The lowest BCUT2D eigenvalue weighted by atomic mass is 10.1. The van der Waals surface area contributed by atoms with E-state index in [1.54, 1.807) is 20.6 Å². The third kappa shape index (κ3) is 17.6. The fourth-order valence-electron chi connectivity index (χ4n) is 18.1. The van der Waals surface area contributed by atoms with E-state index in [0.29, 0.717) is 118 Å². The quantitative estimate of drug-likeness (QED) is 0.0391. The molecule has 42 nitrogen and oxygen atoms in total. The van der Waals surface area contributed by atoms with Crippen LogP contribution in [0.25, 0.3) is 33.5 Å². The fourth-order valence-corrected chi connectivity index (χ4v) is 18.1. The lowest BCUT2D eigenvalue weighted by molar-refractivity contribution is -0.171. The maximum absolute atomic E-state index is 13.8. The Morgan fingerprint density at radius 1 is 0.378 bits per heavy atom. The number of amides is 9. The molecule has 6 aromatic heterocycles. The van der Waals surface area contributed by atoms with Gasteiger partial charge >= 0.3 is 36.0 Å². The highest BCUT2D eigenvalue weighted by atomic mass is 16.8. The Balaban J connectivity index is 0.000000129. The molecule has 9 saturated heterocycles. The molecule has 9 N–H and O–H groups in total. The molecule has 662 valence electrons. The van der Waals surface area contributed by atoms with Crippen molar-refractivity contribution in [2.45, 2.75) is 207 Å². The number of nitrogens with one attached hydrogen (secondary N) is 6. The van der Waals surface area contributed by atoms with Crippen LogP contribution in [0.5, 0.6) is 0 Å². The van der Waals surface area contributed by atoms with Crippen LogP contribution in [0.2, 0.25) is 0 Å². The highest BCUT2D eigenvalue weighted by Crippen LogP contribution is 2.48. The molecule has 15 heterocycles. The van der Waals surface area contributed by atoms with E-state index in [2.05, 4.69) is 76.8 Å². The molecule has 42 heteroatoms. The first kappa shape index (κ1) is 84.6. The molecular formula is C85H91N21O21. The summed E-state index contributed by atoms with van der Waals surface area (Å²) in [5.41, 5.74) is 5.77. The largest absolute Gasteiger partial charge is 0.480 e. The van der Waals surface area contributed by atoms with E-state index in [1.807, 2.05) is 121 Å². The van der Waals surface area contributed by atoms with Gasteiger partial charge in [0.1, 0.15) is 73.7 Å². The first-order valence-electron chi connectivity index (χ1n) is 42.2. The third-order valence-electron chi connectivity index (χ3n) is 24.0. The Hall–Kier alpha value is -13.2. The van der Waals surface area contributed by atoms with Crippen molar-refractivity contribution in [1.29, 1.82) is 0 Å². The molecule has 1 aliphatic carbocycles. The summed E-state index contributed by atoms with van der Waals surface area (Å²) >= 11 is 0. The number of carboxylic acids is 3. The van der Waals surface area contributed by atoms with Gasteiger partial charge < -0.3 is 88.6 Å². The van der Waals surface area contributed by atoms with Crippen LogP contribution in [0.15, 0.2) is 159 Å². The Labute approximate surface area is 722 Å². The summed E-state index contributed by atoms with van der Waals surface area (Å²) in [6.07, 6.45) is 3.73. The van der Waals surface area contributed by atoms with Crippen molar-refractivity contribution in [3.8, 4) is 0 Å². The van der Waals surface area contributed by atoms with E-state index >= 15 is 0 Å². The Bertz CT molecular complexity index is 5700. The molecule has 10 fully saturated rings. The van der Waals surface area contributed by atoms with Crippen LogP contribution in [0.3, 0.4) is 0 Å². The molecule has 127 heavy (non-hydrogen) atoms. The number of nitrogens with zero attached hydrogens (tertiary/aromatic N) is 15. The molecule has 18 unspecified atom stereocenters. The zero-order chi connectivity index (χ0) is 87.5. The number of aliphatic carboxylic acids is 3. The van der Waals surface area contributed by atoms with Crippen LogP contribution in [-0.2, 0) is 90.8 Å². The zero-order valence-electron chi connectivity index (χ0n) is 68.4. The Kier molecular flexibility index (Phi) is 24.8. The number of rotatable bonds is 21. The van der Waals surface area contributed by atoms with Gasteiger partial charge in [-0.15, -0.1) is 0 Å². The summed E-state index contributed by atoms with van der Waals surface area (Å²) < 4.78 is 61.6. The second-order valence-corrected chi connectivity index (χ2v) is 32.0. The van der Waals surface area contributed by atoms with E-state index < -0.39 is 158 Å². The second kappa shape index (κ2) is 37.2. The second-order valence-electron chi connectivity index (χ2n) is 32.0. The number of anilines is 3. The van der Waals surface area contributed by atoms with Gasteiger partial charge in [-0.05, 0) is 75.0 Å². The van der Waals surface area contributed by atoms with Gasteiger partial charge in [-0.3, -0.25) is 44.0 Å². The first-order chi connectivity index (χ1) is 61.9. The predicted octanol–water partition coefficient (Wildman–Crippen LogP) is 6.11. The molecule has 0 spiro atoms. The summed E-state index contributed by atoms with van der Waals surface area (Å²) in [5.74, 6) is -3.88. The predicted molar refractivity (Wildman–Crippen MR) is 441 cm³/mol. The number of urea groups is 3. The van der Waals surface area contributed by atoms with Crippen molar-refractivity contribution in [3.05, 3.63) is 182 Å². The summed E-state index contributed by atoms with van der Waals surface area (Å²) in [6, 6.07) is 34.3. The molecule has 0 bridgehead atoms. The fraction of sp³-hybridized carbons (Fsp3) is 0.435. The number of carboxylic acid groups (broad SMARTS) is 3. The van der Waals surface area contributed by atoms with Crippen molar-refractivity contribution < 1.29 is 101 Å². The summed E-state index contributed by atoms with van der Waals surface area (Å²) in [7, 11) is 0. The van der Waals surface area contributed by atoms with Gasteiger partial charge in [0.2, 0.25) is 0 Å². The minimum atomic E-state index is -1.13. The standard InChI is InChI=1S/C30H29N7O7.C29H33N7O7.C26H29N7O7/c38-26(36-13-7-12-19(36)28(39)40)22-21-23(44-29(43-21)18-10-5-2-6-11-18)27(42-22)37-16-34-20-24(32-15-33-25(20)37)35-30(41)31-14-17-8-3-1-4-9-17;37-26(35-12-6-11-18(35)28(38)39)22-21-23(42-19(41-21)13-16-7-2-1-3-8-16)27(43-22)36-15-32-20-24(30-14-31-25(20)36)34-29(40)33-17-9-4-5-10-17;1-2-27-26(37)31-21-17-22(29-12-28-21)33(13-30-17)24-20-18(38-16(39-20)11-14-7-4-3-5-8-14)19(40-24)23(34)32-10-6-9-15(32)25(35)36/h1-6,8-11,15-16,19,21-23,27,29H,7,12-14H2,(H,39,40)(H2,31,32,33,35,41);1-3,7-8,14-15,17-19,21-23,27H,4-6,9-13H2,(H,38,39)(H2,30,31,33,34,40);3-5,7-8,12-13,15-16,18-20,24H,2,6,9-11H2,1H3,(H,35,36)(H2,27,28,29,31,37). The first-order valence-corrected chi connectivity index (χ1v) is 42.2. The minimum Gasteiger partial charge on any atom is -0.480 e. The SMILES string of the molecule is CCNC(=O)Nc1ncnc2c1ncn2C1OC(C(=O)N2CCCC2C(=O)O)C2OC(Cc3ccccc3)OC21.O=C(NCc1ccccc1)Nc1ncnc2c1ncn2C1OC(C(=O)N2CCCC2C(=O)O)C2OC(c3ccccc3)OC21.O=C(Nc1ncnc2c1ncn2C1OC(C(=O)N2CCCC2C(=O)O)C2OC(Cc3ccccc3)OC21)NC1CCCC1. The molecule has 10 aliphatic rings. The number of carbonyl (C=O) groups is 9. The van der Waals surface area contributed by atoms with Crippen LogP contribution < -0.4 is 31.9 Å². The number of aromatic nitrogens is 12. The number of hydrogen-bond acceptors (Lipinski definition) is 27. The van der Waals surface area contributed by atoms with Crippen LogP contribution >= 0.6 is 0 Å². The van der Waals surface area contributed by atoms with Crippen molar-refractivity contribution in [1.82, 2.24) is 89.2 Å². The number of fused-ring (bicyclic) bond motifs is 6. The average molecular weight is 1740 g/mol. The number of benzene rings is 4. The summed E-state index contributed by atoms with van der Waals surface area (Å²) in [5, 5.41) is 45.6. The minimum absolute atomic E-state index is 0.132. The Morgan fingerprint density at radius 3 is 1.12 bits per heavy atom. The van der Waals surface area contributed by atoms with Gasteiger partial charge in [0.05, 0.1) is 19.0 Å². The average Bonchev–Trinajstić information content (AvgIpc) is 1.61. The van der Waals surface area contributed by atoms with E-state index in [9.17, 15) is 58.5 Å². The van der Waals surface area contributed by atoms with Crippen LogP contribution in [0.4, 0.5) is 31.8 Å². The van der Waals surface area contributed by atoms with Gasteiger partial charge in [-0.2, -0.15) is 0 Å². The van der Waals surface area contributed by atoms with Gasteiger partial charge in [0, 0.05) is 57.2 Å². The van der Waals surface area contributed by atoms with Crippen LogP contribution in [0.1, 0.15) is 118 Å². The normalized spacial score (nSPS) is 27.5. The molecule has 9 amide bonds. The molecule has 10 aromatic rings. The van der Waals surface area contributed by atoms with E-state index in [-0.39, 0.29) is 29.5 Å². The summed E-state index contributed by atoms with van der Waals surface area (Å²) in [6.45, 7) is 3.51. The van der Waals surface area contributed by atoms with Gasteiger partial charge in [-0.25, -0.2) is 73.6 Å². The maximum atomic E-state index is 13.8. The molecule has 20 rings (SSSR count). The van der Waals surface area contributed by atoms with Gasteiger partial charge in [-0.1, -0.05) is 134 Å². The molecule has 1 saturated carbocycles. The molecule has 0 radical (unpaired) electrons. The van der Waals surface area contributed by atoms with Crippen molar-refractivity contribution in [2.75, 3.05) is 42.1 Å². The zero-order valence-corrected chi connectivity index (χ0v) is 68.4. The van der Waals surface area contributed by atoms with Crippen molar-refractivity contribution in [3.63, 3.8) is 0 Å². The maximum Gasteiger partial charge on any atom is 0.326 e. The van der Waals surface area contributed by atoms with Crippen molar-refractivity contribution in [2.24, 2.45) is 0 Å². The monoisotopic (exact) mass is 1740 g/mol. The van der Waals surface area contributed by atoms with Crippen LogP contribution in [-0.4, -0.2) is 260 Å². The molecule has 18 atom stereocenters. The van der Waals surface area contributed by atoms with E-state index in [4.69, 9.17) is 42.6 Å². The number of likely N-dealkylation sites (tertiary alicyclic amines) is 3. The van der Waals surface area contributed by atoms with E-state index in [1.165, 1.54) is 52.7 Å². The highest BCUT2D eigenvalue weighted by molar-refractivity contribution is 5.98. The molecule has 4 aromatic carbocycles. The summed E-state index contributed by atoms with van der Waals surface area (Å²) in [4.78, 5) is 157. The lowest BCUT2D eigenvalue weighted by Gasteiger charge is -2.27. The van der Waals surface area contributed by atoms with Gasteiger partial charge in [0.15, 0.2) is 107 Å². The number of ether oxygens (including phenoxy) is 9. The smallest absolute Gasteiger partial charge is 0.326 e. The Morgan fingerprint density at radius 2 is 0.724 bits per heavy atom. The van der Waals surface area contributed by atoms with Crippen LogP contribution in [0, 0.1) is 0 Å². The molecule has 9 aliphatic heterocycles. The topological polar surface area (TPSA) is 510 Å². The van der Waals surface area contributed by atoms with Gasteiger partial charge in [0.25, 0.3) is 17.7 Å². The molecular weight excluding hydrogens is 1650 g/mol. The number of carbonyl (C=O) groups excluding carboxylic acids is 6. The third-order valence-corrected chi connectivity index (χ3v) is 24.0.